The molecular formula is C16H16BrFO2. The van der Waals surface area contributed by atoms with Crippen LogP contribution >= 0.6 is 15.9 Å². The van der Waals surface area contributed by atoms with Crippen molar-refractivity contribution in [1.82, 2.24) is 0 Å². The second-order valence-electron chi connectivity index (χ2n) is 4.38. The summed E-state index contributed by atoms with van der Waals surface area (Å²) in [4.78, 5) is 0.0225. The van der Waals surface area contributed by atoms with Gasteiger partial charge < -0.3 is 9.47 Å². The Kier molecular flexibility index (Phi) is 5.01. The monoisotopic (exact) mass is 338 g/mol. The standard InChI is InChI=1S/C16H16BrFO2/c1-19-15-8-4-7-13(16(15)20-2)14(17)10-11-5-3-6-12(18)9-11/h3-9,14H,10H2,1-2H3. The van der Waals surface area contributed by atoms with Crippen LogP contribution < -0.4 is 9.47 Å². The van der Waals surface area contributed by atoms with Gasteiger partial charge in [0.2, 0.25) is 0 Å². The van der Waals surface area contributed by atoms with E-state index in [-0.39, 0.29) is 10.6 Å². The van der Waals surface area contributed by atoms with E-state index in [1.807, 2.05) is 24.3 Å². The van der Waals surface area contributed by atoms with Gasteiger partial charge in [-0.1, -0.05) is 40.2 Å². The number of benzene rings is 2. The fourth-order valence-corrected chi connectivity index (χ4v) is 2.87. The lowest BCUT2D eigenvalue weighted by Gasteiger charge is -2.16. The summed E-state index contributed by atoms with van der Waals surface area (Å²) in [7, 11) is 3.22. The molecule has 0 fully saturated rings. The predicted molar refractivity (Wildman–Crippen MR) is 81.3 cm³/mol. The molecule has 0 heterocycles. The molecule has 0 aliphatic carbocycles. The molecular weight excluding hydrogens is 323 g/mol. The first kappa shape index (κ1) is 14.9. The molecule has 0 N–H and O–H groups in total. The summed E-state index contributed by atoms with van der Waals surface area (Å²) in [6.45, 7) is 0. The van der Waals surface area contributed by atoms with Crippen molar-refractivity contribution in [3.63, 3.8) is 0 Å². The maximum absolute atomic E-state index is 13.2. The lowest BCUT2D eigenvalue weighted by molar-refractivity contribution is 0.351. The summed E-state index contributed by atoms with van der Waals surface area (Å²) in [5.74, 6) is 1.17. The van der Waals surface area contributed by atoms with E-state index in [1.165, 1.54) is 6.07 Å². The maximum Gasteiger partial charge on any atom is 0.165 e. The van der Waals surface area contributed by atoms with Crippen LogP contribution in [0.2, 0.25) is 0 Å². The molecule has 0 aliphatic heterocycles. The number of hydrogen-bond acceptors (Lipinski definition) is 2. The van der Waals surface area contributed by atoms with Crippen LogP contribution in [0, 0.1) is 5.82 Å². The summed E-state index contributed by atoms with van der Waals surface area (Å²) in [6, 6.07) is 12.3. The van der Waals surface area contributed by atoms with Gasteiger partial charge in [-0.3, -0.25) is 0 Å². The number of methoxy groups -OCH3 is 2. The quantitative estimate of drug-likeness (QED) is 0.746. The molecule has 4 heteroatoms. The van der Waals surface area contributed by atoms with Gasteiger partial charge in [0, 0.05) is 10.4 Å². The molecule has 1 unspecified atom stereocenters. The van der Waals surface area contributed by atoms with Crippen LogP contribution in [0.4, 0.5) is 4.39 Å². The normalized spacial score (nSPS) is 12.0. The summed E-state index contributed by atoms with van der Waals surface area (Å²) >= 11 is 3.64. The van der Waals surface area contributed by atoms with Gasteiger partial charge in [0.05, 0.1) is 14.2 Å². The van der Waals surface area contributed by atoms with E-state index in [0.717, 1.165) is 11.1 Å². The van der Waals surface area contributed by atoms with E-state index in [1.54, 1.807) is 26.4 Å². The Bertz CT molecular complexity index is 586. The minimum atomic E-state index is -0.222. The molecule has 0 aromatic heterocycles. The highest BCUT2D eigenvalue weighted by Gasteiger charge is 2.17. The molecule has 2 nitrogen and oxygen atoms in total. The van der Waals surface area contributed by atoms with E-state index in [9.17, 15) is 4.39 Å². The molecule has 20 heavy (non-hydrogen) atoms. The lowest BCUT2D eigenvalue weighted by Crippen LogP contribution is -2.01. The summed E-state index contributed by atoms with van der Waals surface area (Å²) in [5.41, 5.74) is 1.91. The lowest BCUT2D eigenvalue weighted by atomic mass is 10.0. The summed E-state index contributed by atoms with van der Waals surface area (Å²) < 4.78 is 23.9. The van der Waals surface area contributed by atoms with Crippen LogP contribution in [-0.2, 0) is 6.42 Å². The number of alkyl halides is 1. The molecule has 2 aromatic carbocycles. The van der Waals surface area contributed by atoms with Crippen molar-refractivity contribution in [2.24, 2.45) is 0 Å². The zero-order valence-corrected chi connectivity index (χ0v) is 13.0. The maximum atomic E-state index is 13.2. The van der Waals surface area contributed by atoms with Gasteiger partial charge in [-0.2, -0.15) is 0 Å². The van der Waals surface area contributed by atoms with Crippen molar-refractivity contribution < 1.29 is 13.9 Å². The van der Waals surface area contributed by atoms with Gasteiger partial charge in [0.25, 0.3) is 0 Å². The first-order valence-corrected chi connectivity index (χ1v) is 7.16. The number of ether oxygens (including phenoxy) is 2. The first-order chi connectivity index (χ1) is 9.65. The third-order valence-corrected chi connectivity index (χ3v) is 3.89. The highest BCUT2D eigenvalue weighted by atomic mass is 79.9. The second-order valence-corrected chi connectivity index (χ2v) is 5.49. The largest absolute Gasteiger partial charge is 0.493 e. The van der Waals surface area contributed by atoms with Gasteiger partial charge in [-0.05, 0) is 30.2 Å². The highest BCUT2D eigenvalue weighted by molar-refractivity contribution is 9.09. The average Bonchev–Trinajstić information content (AvgIpc) is 2.46. The highest BCUT2D eigenvalue weighted by Crippen LogP contribution is 2.39. The van der Waals surface area contributed by atoms with Gasteiger partial charge in [0.15, 0.2) is 11.5 Å². The van der Waals surface area contributed by atoms with Crippen molar-refractivity contribution in [3.8, 4) is 11.5 Å². The van der Waals surface area contributed by atoms with Gasteiger partial charge in [-0.25, -0.2) is 4.39 Å². The van der Waals surface area contributed by atoms with Gasteiger partial charge in [-0.15, -0.1) is 0 Å². The second kappa shape index (κ2) is 6.75. The van der Waals surface area contributed by atoms with E-state index in [0.29, 0.717) is 17.9 Å². The molecule has 2 aromatic rings. The molecule has 0 saturated heterocycles. The van der Waals surface area contributed by atoms with Crippen LogP contribution in [0.25, 0.3) is 0 Å². The number of hydrogen-bond donors (Lipinski definition) is 0. The molecule has 0 bridgehead atoms. The van der Waals surface area contributed by atoms with Crippen molar-refractivity contribution in [1.29, 1.82) is 0 Å². The van der Waals surface area contributed by atoms with Crippen molar-refractivity contribution in [2.75, 3.05) is 14.2 Å². The summed E-state index contributed by atoms with van der Waals surface area (Å²) in [5, 5.41) is 0. The van der Waals surface area contributed by atoms with E-state index >= 15 is 0 Å². The van der Waals surface area contributed by atoms with Crippen molar-refractivity contribution >= 4 is 15.9 Å². The molecule has 0 radical (unpaired) electrons. The van der Waals surface area contributed by atoms with Crippen molar-refractivity contribution in [2.45, 2.75) is 11.2 Å². The Hall–Kier alpha value is -1.55. The molecule has 0 saturated carbocycles. The van der Waals surface area contributed by atoms with Crippen LogP contribution in [-0.4, -0.2) is 14.2 Å². The number of rotatable bonds is 5. The van der Waals surface area contributed by atoms with E-state index in [2.05, 4.69) is 15.9 Å². The fourth-order valence-electron chi connectivity index (χ4n) is 2.14. The first-order valence-electron chi connectivity index (χ1n) is 6.25. The Morgan fingerprint density at radius 1 is 1.10 bits per heavy atom. The van der Waals surface area contributed by atoms with Gasteiger partial charge in [0.1, 0.15) is 5.82 Å². The smallest absolute Gasteiger partial charge is 0.165 e. The van der Waals surface area contributed by atoms with Crippen LogP contribution in [0.15, 0.2) is 42.5 Å². The Balaban J connectivity index is 2.27. The molecule has 0 aliphatic rings. The minimum Gasteiger partial charge on any atom is -0.493 e. The third kappa shape index (κ3) is 3.31. The van der Waals surface area contributed by atoms with Crippen LogP contribution in [0.1, 0.15) is 16.0 Å². The molecule has 1 atom stereocenters. The Morgan fingerprint density at radius 3 is 2.50 bits per heavy atom. The van der Waals surface area contributed by atoms with Crippen LogP contribution in [0.5, 0.6) is 11.5 Å². The zero-order chi connectivity index (χ0) is 14.5. The molecule has 2 rings (SSSR count). The predicted octanol–water partition coefficient (Wildman–Crippen LogP) is 4.52. The third-order valence-electron chi connectivity index (χ3n) is 3.07. The SMILES string of the molecule is COc1cccc(C(Br)Cc2cccc(F)c2)c1OC. The summed E-state index contributed by atoms with van der Waals surface area (Å²) in [6.07, 6.45) is 0.668. The number of halogens is 2. The molecule has 0 spiro atoms. The topological polar surface area (TPSA) is 18.5 Å². The van der Waals surface area contributed by atoms with E-state index in [4.69, 9.17) is 9.47 Å². The number of para-hydroxylation sites is 1. The van der Waals surface area contributed by atoms with Crippen LogP contribution in [0.3, 0.4) is 0 Å². The van der Waals surface area contributed by atoms with Crippen molar-refractivity contribution in [3.05, 3.63) is 59.4 Å². The molecule has 0 amide bonds. The zero-order valence-electron chi connectivity index (χ0n) is 11.4. The minimum absolute atomic E-state index is 0.0225. The average molecular weight is 339 g/mol. The Morgan fingerprint density at radius 2 is 1.85 bits per heavy atom. The fraction of sp³-hybridized carbons (Fsp3) is 0.250. The Labute approximate surface area is 126 Å². The van der Waals surface area contributed by atoms with Gasteiger partial charge >= 0.3 is 0 Å². The van der Waals surface area contributed by atoms with E-state index < -0.39 is 0 Å². The molecule has 106 valence electrons.